The van der Waals surface area contributed by atoms with E-state index >= 15 is 0 Å². The summed E-state index contributed by atoms with van der Waals surface area (Å²) in [5.74, 6) is 0. The first-order valence-corrected chi connectivity index (χ1v) is 7.86. The Kier molecular flexibility index (Phi) is 3.33. The molecule has 96 valence electrons. The van der Waals surface area contributed by atoms with Gasteiger partial charge < -0.3 is 5.11 Å². The lowest BCUT2D eigenvalue weighted by molar-refractivity contribution is 0.0126. The van der Waals surface area contributed by atoms with Crippen LogP contribution in [0.4, 0.5) is 0 Å². The molecular formula is C11H17NO3S2. The molecule has 1 aliphatic rings. The number of aliphatic hydroxyl groups is 1. The summed E-state index contributed by atoms with van der Waals surface area (Å²) in [4.78, 5) is 0.993. The predicted octanol–water partition coefficient (Wildman–Crippen LogP) is 1.59. The van der Waals surface area contributed by atoms with Crippen molar-refractivity contribution in [1.29, 1.82) is 0 Å². The first-order valence-electron chi connectivity index (χ1n) is 5.60. The molecular weight excluding hydrogens is 258 g/mol. The number of piperidine rings is 1. The van der Waals surface area contributed by atoms with Crippen LogP contribution < -0.4 is 0 Å². The standard InChI is InChI=1S/C11H17NO3S2/c1-9-3-4-10(16-9)17(14,15)12-7-5-11(2,13)6-8-12/h3-4,13H,5-8H2,1-2H3. The molecule has 0 atom stereocenters. The Balaban J connectivity index is 2.18. The van der Waals surface area contributed by atoms with E-state index in [1.54, 1.807) is 13.0 Å². The first-order chi connectivity index (χ1) is 7.81. The van der Waals surface area contributed by atoms with E-state index in [9.17, 15) is 13.5 Å². The number of thiophene rings is 1. The van der Waals surface area contributed by atoms with E-state index in [1.807, 2.05) is 13.0 Å². The third-order valence-electron chi connectivity index (χ3n) is 3.11. The van der Waals surface area contributed by atoms with Crippen LogP contribution in [0.1, 0.15) is 24.6 Å². The zero-order valence-corrected chi connectivity index (χ0v) is 11.6. The Morgan fingerprint density at radius 2 is 1.94 bits per heavy atom. The maximum Gasteiger partial charge on any atom is 0.252 e. The number of rotatable bonds is 2. The van der Waals surface area contributed by atoms with Gasteiger partial charge in [0.05, 0.1) is 5.60 Å². The van der Waals surface area contributed by atoms with Crippen LogP contribution in [0.5, 0.6) is 0 Å². The van der Waals surface area contributed by atoms with Crippen LogP contribution in [-0.4, -0.2) is 36.5 Å². The molecule has 1 aliphatic heterocycles. The number of sulfonamides is 1. The maximum absolute atomic E-state index is 12.3. The van der Waals surface area contributed by atoms with Crippen molar-refractivity contribution in [2.75, 3.05) is 13.1 Å². The molecule has 0 aliphatic carbocycles. The number of aryl methyl sites for hydroxylation is 1. The summed E-state index contributed by atoms with van der Waals surface area (Å²) >= 11 is 1.30. The van der Waals surface area contributed by atoms with Gasteiger partial charge in [-0.05, 0) is 38.8 Å². The Bertz CT molecular complexity index is 495. The quantitative estimate of drug-likeness (QED) is 0.892. The van der Waals surface area contributed by atoms with Crippen LogP contribution in [0.25, 0.3) is 0 Å². The van der Waals surface area contributed by atoms with Crippen molar-refractivity contribution in [3.8, 4) is 0 Å². The van der Waals surface area contributed by atoms with Crippen LogP contribution in [0, 0.1) is 6.92 Å². The normalized spacial score (nSPS) is 21.6. The van der Waals surface area contributed by atoms with E-state index < -0.39 is 15.6 Å². The van der Waals surface area contributed by atoms with Crippen molar-refractivity contribution in [1.82, 2.24) is 4.31 Å². The van der Waals surface area contributed by atoms with Gasteiger partial charge in [0.25, 0.3) is 10.0 Å². The van der Waals surface area contributed by atoms with Gasteiger partial charge in [-0.15, -0.1) is 11.3 Å². The monoisotopic (exact) mass is 275 g/mol. The molecule has 1 N–H and O–H groups in total. The maximum atomic E-state index is 12.3. The zero-order chi connectivity index (χ0) is 12.7. The molecule has 1 aromatic heterocycles. The van der Waals surface area contributed by atoms with Gasteiger partial charge in [0.2, 0.25) is 0 Å². The molecule has 2 rings (SSSR count). The molecule has 0 amide bonds. The summed E-state index contributed by atoms with van der Waals surface area (Å²) < 4.78 is 26.4. The molecule has 0 radical (unpaired) electrons. The van der Waals surface area contributed by atoms with Gasteiger partial charge in [-0.3, -0.25) is 0 Å². The molecule has 0 aromatic carbocycles. The summed E-state index contributed by atoms with van der Waals surface area (Å²) in [6, 6.07) is 3.47. The van der Waals surface area contributed by atoms with Crippen molar-refractivity contribution in [3.63, 3.8) is 0 Å². The zero-order valence-electron chi connectivity index (χ0n) is 10.0. The fraction of sp³-hybridized carbons (Fsp3) is 0.636. The highest BCUT2D eigenvalue weighted by Crippen LogP contribution is 2.29. The van der Waals surface area contributed by atoms with E-state index in [-0.39, 0.29) is 0 Å². The fourth-order valence-electron chi connectivity index (χ4n) is 1.89. The lowest BCUT2D eigenvalue weighted by Gasteiger charge is -2.34. The summed E-state index contributed by atoms with van der Waals surface area (Å²) in [5, 5.41) is 9.81. The van der Waals surface area contributed by atoms with Crippen molar-refractivity contribution >= 4 is 21.4 Å². The number of hydrogen-bond acceptors (Lipinski definition) is 4. The van der Waals surface area contributed by atoms with Crippen molar-refractivity contribution in [2.45, 2.75) is 36.5 Å². The summed E-state index contributed by atoms with van der Waals surface area (Å²) in [6.45, 7) is 4.44. The molecule has 2 heterocycles. The van der Waals surface area contributed by atoms with E-state index in [1.165, 1.54) is 15.6 Å². The second-order valence-electron chi connectivity index (χ2n) is 4.77. The Morgan fingerprint density at radius 1 is 1.35 bits per heavy atom. The van der Waals surface area contributed by atoms with Gasteiger partial charge in [0.15, 0.2) is 0 Å². The van der Waals surface area contributed by atoms with Gasteiger partial charge in [0, 0.05) is 18.0 Å². The van der Waals surface area contributed by atoms with E-state index in [4.69, 9.17) is 0 Å². The lowest BCUT2D eigenvalue weighted by atomic mass is 9.95. The summed E-state index contributed by atoms with van der Waals surface area (Å²) in [5.41, 5.74) is -0.725. The summed E-state index contributed by atoms with van der Waals surface area (Å²) in [7, 11) is -3.35. The highest BCUT2D eigenvalue weighted by molar-refractivity contribution is 7.91. The minimum Gasteiger partial charge on any atom is -0.390 e. The minimum absolute atomic E-state index is 0.395. The Morgan fingerprint density at radius 3 is 2.41 bits per heavy atom. The van der Waals surface area contributed by atoms with E-state index in [0.717, 1.165) is 4.88 Å². The average Bonchev–Trinajstić information content (AvgIpc) is 2.65. The highest BCUT2D eigenvalue weighted by atomic mass is 32.2. The molecule has 0 spiro atoms. The lowest BCUT2D eigenvalue weighted by Crippen LogP contribution is -2.44. The Hall–Kier alpha value is -0.430. The molecule has 1 aromatic rings. The SMILES string of the molecule is Cc1ccc(S(=O)(=O)N2CCC(C)(O)CC2)s1. The van der Waals surface area contributed by atoms with Gasteiger partial charge >= 0.3 is 0 Å². The molecule has 1 fully saturated rings. The number of nitrogens with zero attached hydrogens (tertiary/aromatic N) is 1. The Labute approximate surface area is 106 Å². The third-order valence-corrected chi connectivity index (χ3v) is 6.48. The second kappa shape index (κ2) is 4.35. The van der Waals surface area contributed by atoms with Crippen LogP contribution >= 0.6 is 11.3 Å². The highest BCUT2D eigenvalue weighted by Gasteiger charge is 2.34. The van der Waals surface area contributed by atoms with Gasteiger partial charge in [-0.2, -0.15) is 4.31 Å². The van der Waals surface area contributed by atoms with Crippen LogP contribution in [0.3, 0.4) is 0 Å². The van der Waals surface area contributed by atoms with Crippen molar-refractivity contribution in [2.24, 2.45) is 0 Å². The molecule has 17 heavy (non-hydrogen) atoms. The predicted molar refractivity (Wildman–Crippen MR) is 67.7 cm³/mol. The smallest absolute Gasteiger partial charge is 0.252 e. The first kappa shape index (κ1) is 13.0. The summed E-state index contributed by atoms with van der Waals surface area (Å²) in [6.07, 6.45) is 0.993. The van der Waals surface area contributed by atoms with E-state index in [0.29, 0.717) is 30.1 Å². The van der Waals surface area contributed by atoms with Crippen molar-refractivity contribution in [3.05, 3.63) is 17.0 Å². The fourth-order valence-corrected chi connectivity index (χ4v) is 4.77. The molecule has 4 nitrogen and oxygen atoms in total. The minimum atomic E-state index is -3.35. The molecule has 0 bridgehead atoms. The van der Waals surface area contributed by atoms with Crippen LogP contribution in [-0.2, 0) is 10.0 Å². The van der Waals surface area contributed by atoms with Gasteiger partial charge in [-0.25, -0.2) is 8.42 Å². The van der Waals surface area contributed by atoms with Gasteiger partial charge in [0.1, 0.15) is 4.21 Å². The van der Waals surface area contributed by atoms with E-state index in [2.05, 4.69) is 0 Å². The average molecular weight is 275 g/mol. The second-order valence-corrected chi connectivity index (χ2v) is 8.22. The number of hydrogen-bond donors (Lipinski definition) is 1. The topological polar surface area (TPSA) is 57.6 Å². The molecule has 6 heteroatoms. The largest absolute Gasteiger partial charge is 0.390 e. The van der Waals surface area contributed by atoms with Crippen LogP contribution in [0.2, 0.25) is 0 Å². The molecule has 1 saturated heterocycles. The van der Waals surface area contributed by atoms with Gasteiger partial charge in [-0.1, -0.05) is 0 Å². The molecule has 0 unspecified atom stereocenters. The molecule has 0 saturated carbocycles. The third kappa shape index (κ3) is 2.70. The van der Waals surface area contributed by atoms with Crippen molar-refractivity contribution < 1.29 is 13.5 Å². The van der Waals surface area contributed by atoms with Crippen LogP contribution in [0.15, 0.2) is 16.3 Å².